The Morgan fingerprint density at radius 1 is 1.33 bits per heavy atom. The molecule has 0 radical (unpaired) electrons. The molecule has 0 saturated carbocycles. The molecule has 0 heterocycles. The molecule has 0 fully saturated rings. The topological polar surface area (TPSA) is 66.3 Å². The molecular formula is HAlCaO3P+3. The van der Waals surface area contributed by atoms with Crippen LogP contribution in [0, 0.1) is 0 Å². The van der Waals surface area contributed by atoms with Gasteiger partial charge in [-0.25, -0.2) is 0 Å². The maximum Gasteiger partial charge on any atom is 3.00 e. The second-order valence-corrected chi connectivity index (χ2v) is 0.714. The Hall–Kier alpha value is 2.10. The second kappa shape index (κ2) is 10.2. The van der Waals surface area contributed by atoms with Gasteiger partial charge in [-0.05, 0) is 0 Å². The molecule has 6 heteroatoms. The minimum atomic E-state index is -3.12. The van der Waals surface area contributed by atoms with Gasteiger partial charge in [0.1, 0.15) is 0 Å². The molecule has 0 bridgehead atoms. The predicted molar refractivity (Wildman–Crippen MR) is 20.6 cm³/mol. The summed E-state index contributed by atoms with van der Waals surface area (Å²) < 4.78 is 0. The van der Waals surface area contributed by atoms with E-state index in [1.165, 1.54) is 0 Å². The Labute approximate surface area is 77.5 Å². The van der Waals surface area contributed by atoms with Gasteiger partial charge in [0.05, 0.1) is 0 Å². The van der Waals surface area contributed by atoms with E-state index in [0.717, 1.165) is 0 Å². The van der Waals surface area contributed by atoms with Gasteiger partial charge in [0.15, 0.2) is 0 Å². The molecule has 0 aliphatic rings. The van der Waals surface area contributed by atoms with Crippen LogP contribution in [0.5, 0.6) is 0 Å². The summed E-state index contributed by atoms with van der Waals surface area (Å²) >= 11 is 0. The molecule has 0 aromatic heterocycles. The van der Waals surface area contributed by atoms with E-state index in [0.29, 0.717) is 0 Å². The summed E-state index contributed by atoms with van der Waals surface area (Å²) in [6.07, 6.45) is 0. The zero-order valence-corrected chi connectivity index (χ0v) is 7.25. The quantitative estimate of drug-likeness (QED) is 0.296. The molecule has 26 valence electrons. The Morgan fingerprint density at radius 3 is 1.33 bits per heavy atom. The first kappa shape index (κ1) is 15.7. The summed E-state index contributed by atoms with van der Waals surface area (Å²) in [5.74, 6) is 0. The van der Waals surface area contributed by atoms with Crippen LogP contribution < -0.4 is 9.79 Å². The summed E-state index contributed by atoms with van der Waals surface area (Å²) in [4.78, 5) is 24.2. The van der Waals surface area contributed by atoms with Crippen LogP contribution in [0.4, 0.5) is 0 Å². The van der Waals surface area contributed by atoms with Crippen molar-refractivity contribution < 1.29 is 14.7 Å². The standard InChI is InChI=1S/Al.Ca.HO3P/c;;1-4(2)3/h;;1H/q+3;+2;-2. The van der Waals surface area contributed by atoms with Crippen molar-refractivity contribution >= 4 is 63.7 Å². The van der Waals surface area contributed by atoms with E-state index < -0.39 is 8.60 Å². The van der Waals surface area contributed by atoms with Crippen molar-refractivity contribution in [3.05, 3.63) is 0 Å². The number of hydrogen-bond donors (Lipinski definition) is 1. The summed E-state index contributed by atoms with van der Waals surface area (Å²) in [5.41, 5.74) is 0. The number of hydrogen-bond acceptors (Lipinski definition) is 3. The van der Waals surface area contributed by atoms with E-state index in [9.17, 15) is 0 Å². The van der Waals surface area contributed by atoms with E-state index in [2.05, 4.69) is 0 Å². The zero-order valence-electron chi connectivity index (χ0n) is 3.00. The molecule has 0 rings (SSSR count). The summed E-state index contributed by atoms with van der Waals surface area (Å²) in [6.45, 7) is 0. The molecule has 0 aliphatic carbocycles. The molecule has 0 aliphatic heterocycles. The van der Waals surface area contributed by atoms with Crippen molar-refractivity contribution in [2.24, 2.45) is 0 Å². The van der Waals surface area contributed by atoms with Gasteiger partial charge in [0, 0.05) is 0 Å². The van der Waals surface area contributed by atoms with Crippen LogP contribution in [0.2, 0.25) is 0 Å². The molecule has 0 amide bonds. The summed E-state index contributed by atoms with van der Waals surface area (Å²) in [7, 11) is -3.12. The van der Waals surface area contributed by atoms with Gasteiger partial charge in [-0.15, -0.1) is 0 Å². The molecule has 6 heavy (non-hydrogen) atoms. The van der Waals surface area contributed by atoms with Crippen molar-refractivity contribution in [1.29, 1.82) is 0 Å². The van der Waals surface area contributed by atoms with Crippen molar-refractivity contribution in [1.82, 2.24) is 0 Å². The molecule has 0 spiro atoms. The molecule has 3 nitrogen and oxygen atoms in total. The van der Waals surface area contributed by atoms with Gasteiger partial charge in [0.25, 0.3) is 0 Å². The SMILES string of the molecule is [Al+3].[Ca+2].[O-]P([O-])O. The van der Waals surface area contributed by atoms with E-state index in [-0.39, 0.29) is 55.1 Å². The van der Waals surface area contributed by atoms with Crippen molar-refractivity contribution in [3.8, 4) is 0 Å². The van der Waals surface area contributed by atoms with Gasteiger partial charge >= 0.3 is 55.1 Å². The van der Waals surface area contributed by atoms with Gasteiger partial charge in [-0.3, -0.25) is 0 Å². The van der Waals surface area contributed by atoms with Gasteiger partial charge in [-0.2, -0.15) is 8.60 Å². The average Bonchev–Trinajstić information content (AvgIpc) is 0.811. The van der Waals surface area contributed by atoms with Crippen LogP contribution in [0.25, 0.3) is 0 Å². The Morgan fingerprint density at radius 2 is 1.33 bits per heavy atom. The third-order valence-corrected chi connectivity index (χ3v) is 0. The van der Waals surface area contributed by atoms with Crippen LogP contribution in [-0.4, -0.2) is 60.0 Å². The Kier molecular flexibility index (Phi) is 26.6. The van der Waals surface area contributed by atoms with Gasteiger partial charge < -0.3 is 14.7 Å². The fraction of sp³-hybridized carbons (Fsp3) is 0. The number of rotatable bonds is 0. The normalized spacial score (nSPS) is 6.00. The summed E-state index contributed by atoms with van der Waals surface area (Å²) in [6, 6.07) is 0. The van der Waals surface area contributed by atoms with E-state index in [4.69, 9.17) is 14.7 Å². The minimum Gasteiger partial charge on any atom is -0.820 e. The van der Waals surface area contributed by atoms with Gasteiger partial charge in [-0.1, -0.05) is 0 Å². The van der Waals surface area contributed by atoms with Crippen LogP contribution in [-0.2, 0) is 0 Å². The van der Waals surface area contributed by atoms with E-state index in [1.54, 1.807) is 0 Å². The Balaban J connectivity index is -0.0000000450. The molecule has 0 aromatic carbocycles. The molecule has 0 unspecified atom stereocenters. The smallest absolute Gasteiger partial charge is 0.820 e. The first-order valence-electron chi connectivity index (χ1n) is 0.565. The molecule has 0 saturated heterocycles. The second-order valence-electron chi connectivity index (χ2n) is 0.238. The largest absolute Gasteiger partial charge is 3.00 e. The van der Waals surface area contributed by atoms with E-state index in [1.807, 2.05) is 0 Å². The van der Waals surface area contributed by atoms with Crippen molar-refractivity contribution in [2.75, 3.05) is 0 Å². The van der Waals surface area contributed by atoms with E-state index >= 15 is 0 Å². The van der Waals surface area contributed by atoms with Crippen LogP contribution in [0.15, 0.2) is 0 Å². The van der Waals surface area contributed by atoms with Gasteiger partial charge in [0.2, 0.25) is 0 Å². The van der Waals surface area contributed by atoms with Crippen molar-refractivity contribution in [3.63, 3.8) is 0 Å². The first-order valence-corrected chi connectivity index (χ1v) is 1.70. The van der Waals surface area contributed by atoms with Crippen molar-refractivity contribution in [2.45, 2.75) is 0 Å². The molecule has 0 atom stereocenters. The van der Waals surface area contributed by atoms with Crippen LogP contribution in [0.1, 0.15) is 0 Å². The summed E-state index contributed by atoms with van der Waals surface area (Å²) in [5, 5.41) is 0. The fourth-order valence-corrected chi connectivity index (χ4v) is 0. The van der Waals surface area contributed by atoms with Crippen LogP contribution >= 0.6 is 8.60 Å². The third kappa shape index (κ3) is 35.9. The third-order valence-electron chi connectivity index (χ3n) is 0. The first-order chi connectivity index (χ1) is 1.73. The zero-order chi connectivity index (χ0) is 3.58. The van der Waals surface area contributed by atoms with Crippen LogP contribution in [0.3, 0.4) is 0 Å². The predicted octanol–water partition coefficient (Wildman–Crippen LogP) is -2.84. The maximum atomic E-state index is 8.59. The maximum absolute atomic E-state index is 8.59. The minimum absolute atomic E-state index is 0. The molecule has 0 aromatic rings. The molecular weight excluding hydrogens is 146 g/mol. The average molecular weight is 147 g/mol. The Bertz CT molecular complexity index is 15.5. The molecule has 1 N–H and O–H groups in total. The monoisotopic (exact) mass is 147 g/mol. The fourth-order valence-electron chi connectivity index (χ4n) is 0.